The summed E-state index contributed by atoms with van der Waals surface area (Å²) in [7, 11) is 1.90. The van der Waals surface area contributed by atoms with E-state index in [1.165, 1.54) is 12.1 Å². The number of aliphatic hydroxyl groups excluding tert-OH is 1. The number of carbonyl (C=O) groups is 2. The highest BCUT2D eigenvalue weighted by Crippen LogP contribution is 2.31. The maximum absolute atomic E-state index is 14.4. The molecule has 0 aromatic heterocycles. The SMILES string of the molecule is C[C@H]1CCCCO[C@H](CN(C)Cc2ccc(C(F)(F)F)cc2)[C@@H](C)CN([C@@H](C)CO)C(=O)c2cc(NC(=O)C3CCCCC3)ccc2O1. The fraction of sp³-hybridized carbons (Fsp3) is 0.622. The number of fused-ring (bicyclic) bond motifs is 1. The van der Waals surface area contributed by atoms with E-state index in [0.29, 0.717) is 36.7 Å². The minimum Gasteiger partial charge on any atom is -0.490 e. The van der Waals surface area contributed by atoms with Crippen LogP contribution in [0.5, 0.6) is 5.75 Å². The standard InChI is InChI=1S/C37H52F3N3O5/c1-25-21-43(26(2)24-44)36(46)32-20-31(41-35(45)29-11-6-5-7-12-29)17-18-33(32)48-27(3)10-8-9-19-47-34(25)23-42(4)22-28-13-15-30(16-14-28)37(38,39)40/h13-18,20,25-27,29,34,44H,5-12,19,21-24H2,1-4H3,(H,41,45)/t25-,26-,27-,34+/m0/s1. The third kappa shape index (κ3) is 10.7. The molecule has 11 heteroatoms. The Labute approximate surface area is 283 Å². The molecule has 1 saturated carbocycles. The molecule has 1 heterocycles. The van der Waals surface area contributed by atoms with E-state index in [4.69, 9.17) is 9.47 Å². The Balaban J connectivity index is 1.56. The highest BCUT2D eigenvalue weighted by Gasteiger charge is 2.32. The minimum absolute atomic E-state index is 0.0353. The van der Waals surface area contributed by atoms with Crippen molar-refractivity contribution in [2.75, 3.05) is 38.7 Å². The normalized spacial score (nSPS) is 22.8. The van der Waals surface area contributed by atoms with E-state index in [1.54, 1.807) is 30.0 Å². The van der Waals surface area contributed by atoms with Gasteiger partial charge in [0.15, 0.2) is 0 Å². The molecule has 2 aromatic rings. The first-order chi connectivity index (χ1) is 22.8. The predicted octanol–water partition coefficient (Wildman–Crippen LogP) is 7.15. The van der Waals surface area contributed by atoms with Crippen molar-refractivity contribution in [2.45, 2.75) is 103 Å². The van der Waals surface area contributed by atoms with Gasteiger partial charge in [-0.25, -0.2) is 0 Å². The zero-order valence-electron chi connectivity index (χ0n) is 28.7. The number of nitrogens with one attached hydrogen (secondary N) is 1. The summed E-state index contributed by atoms with van der Waals surface area (Å²) in [6.45, 7) is 7.24. The maximum atomic E-state index is 14.4. The predicted molar refractivity (Wildman–Crippen MR) is 180 cm³/mol. The summed E-state index contributed by atoms with van der Waals surface area (Å²) in [5.41, 5.74) is 0.928. The Bertz CT molecular complexity index is 1330. The van der Waals surface area contributed by atoms with Gasteiger partial charge in [0.2, 0.25) is 5.91 Å². The lowest BCUT2D eigenvalue weighted by molar-refractivity contribution is -0.137. The molecule has 48 heavy (non-hydrogen) atoms. The molecule has 8 nitrogen and oxygen atoms in total. The van der Waals surface area contributed by atoms with Crippen LogP contribution in [0.2, 0.25) is 0 Å². The number of ether oxygens (including phenoxy) is 2. The van der Waals surface area contributed by atoms with Crippen molar-refractivity contribution in [3.8, 4) is 5.75 Å². The summed E-state index contributed by atoms with van der Waals surface area (Å²) in [5, 5.41) is 13.3. The topological polar surface area (TPSA) is 91.3 Å². The van der Waals surface area contributed by atoms with Gasteiger partial charge in [0.1, 0.15) is 5.75 Å². The Morgan fingerprint density at radius 3 is 2.40 bits per heavy atom. The summed E-state index contributed by atoms with van der Waals surface area (Å²) < 4.78 is 51.9. The lowest BCUT2D eigenvalue weighted by Crippen LogP contribution is -2.47. The number of alkyl halides is 3. The molecule has 2 N–H and O–H groups in total. The number of rotatable bonds is 8. The highest BCUT2D eigenvalue weighted by atomic mass is 19.4. The summed E-state index contributed by atoms with van der Waals surface area (Å²) in [5.74, 6) is -0.105. The number of carbonyl (C=O) groups excluding carboxylic acids is 2. The molecule has 4 rings (SSSR count). The molecule has 4 atom stereocenters. The van der Waals surface area contributed by atoms with Crippen molar-refractivity contribution < 1.29 is 37.3 Å². The average Bonchev–Trinajstić information content (AvgIpc) is 3.06. The van der Waals surface area contributed by atoms with Crippen molar-refractivity contribution in [1.29, 1.82) is 0 Å². The largest absolute Gasteiger partial charge is 0.490 e. The third-order valence-corrected chi connectivity index (χ3v) is 9.52. The zero-order chi connectivity index (χ0) is 34.8. The summed E-state index contributed by atoms with van der Waals surface area (Å²) in [6, 6.07) is 9.88. The number of aliphatic hydroxyl groups is 1. The van der Waals surface area contributed by atoms with Gasteiger partial charge in [0.25, 0.3) is 5.91 Å². The molecule has 0 saturated heterocycles. The van der Waals surface area contributed by atoms with Crippen LogP contribution in [-0.2, 0) is 22.3 Å². The zero-order valence-corrected chi connectivity index (χ0v) is 28.7. The average molecular weight is 676 g/mol. The lowest BCUT2D eigenvalue weighted by atomic mass is 9.88. The second-order valence-corrected chi connectivity index (χ2v) is 13.7. The molecule has 266 valence electrons. The fourth-order valence-corrected chi connectivity index (χ4v) is 6.55. The van der Waals surface area contributed by atoms with E-state index < -0.39 is 17.8 Å². The lowest BCUT2D eigenvalue weighted by Gasteiger charge is -2.36. The molecule has 2 aromatic carbocycles. The molecular weight excluding hydrogens is 623 g/mol. The second-order valence-electron chi connectivity index (χ2n) is 13.7. The van der Waals surface area contributed by atoms with E-state index in [-0.39, 0.29) is 49.0 Å². The molecule has 0 radical (unpaired) electrons. The van der Waals surface area contributed by atoms with Gasteiger partial charge < -0.3 is 24.8 Å². The van der Waals surface area contributed by atoms with Crippen LogP contribution in [0.25, 0.3) is 0 Å². The highest BCUT2D eigenvalue weighted by molar-refractivity contribution is 6.00. The van der Waals surface area contributed by atoms with E-state index in [0.717, 1.165) is 69.1 Å². The van der Waals surface area contributed by atoms with Crippen molar-refractivity contribution in [2.24, 2.45) is 11.8 Å². The number of benzene rings is 2. The Hall–Kier alpha value is -3.15. The molecule has 1 aliphatic heterocycles. The summed E-state index contributed by atoms with van der Waals surface area (Å²) in [4.78, 5) is 31.1. The molecule has 0 bridgehead atoms. The molecule has 0 unspecified atom stereocenters. The number of nitrogens with zero attached hydrogens (tertiary/aromatic N) is 2. The van der Waals surface area contributed by atoms with Gasteiger partial charge in [-0.05, 0) is 88.9 Å². The quantitative estimate of drug-likeness (QED) is 0.309. The second kappa shape index (κ2) is 17.5. The van der Waals surface area contributed by atoms with Gasteiger partial charge >= 0.3 is 6.18 Å². The van der Waals surface area contributed by atoms with Crippen LogP contribution in [0.4, 0.5) is 18.9 Å². The first-order valence-electron chi connectivity index (χ1n) is 17.3. The van der Waals surface area contributed by atoms with E-state index in [9.17, 15) is 27.9 Å². The Kier molecular flexibility index (Phi) is 13.7. The van der Waals surface area contributed by atoms with Crippen molar-refractivity contribution in [1.82, 2.24) is 9.80 Å². The number of likely N-dealkylation sites (N-methyl/N-ethyl adjacent to an activating group) is 1. The third-order valence-electron chi connectivity index (χ3n) is 9.52. The first kappa shape index (κ1) is 37.7. The summed E-state index contributed by atoms with van der Waals surface area (Å²) in [6.07, 6.45) is 2.51. The van der Waals surface area contributed by atoms with Gasteiger partial charge in [-0.3, -0.25) is 14.5 Å². The van der Waals surface area contributed by atoms with Crippen molar-refractivity contribution in [3.05, 3.63) is 59.2 Å². The molecule has 2 amide bonds. The van der Waals surface area contributed by atoms with Crippen LogP contribution in [0.15, 0.2) is 42.5 Å². The van der Waals surface area contributed by atoms with Gasteiger partial charge in [-0.15, -0.1) is 0 Å². The molecule has 1 aliphatic carbocycles. The smallest absolute Gasteiger partial charge is 0.416 e. The molecule has 2 aliphatic rings. The van der Waals surface area contributed by atoms with E-state index >= 15 is 0 Å². The fourth-order valence-electron chi connectivity index (χ4n) is 6.55. The number of anilines is 1. The van der Waals surface area contributed by atoms with Gasteiger partial charge in [0.05, 0.1) is 36.0 Å². The first-order valence-corrected chi connectivity index (χ1v) is 17.3. The number of halogens is 3. The van der Waals surface area contributed by atoms with Gasteiger partial charge in [0, 0.05) is 43.8 Å². The van der Waals surface area contributed by atoms with Crippen LogP contribution < -0.4 is 10.1 Å². The van der Waals surface area contributed by atoms with Crippen molar-refractivity contribution in [3.63, 3.8) is 0 Å². The molecule has 0 spiro atoms. The maximum Gasteiger partial charge on any atom is 0.416 e. The van der Waals surface area contributed by atoms with Crippen LogP contribution in [0.3, 0.4) is 0 Å². The number of hydrogen-bond donors (Lipinski definition) is 2. The minimum atomic E-state index is -4.39. The molecule has 1 fully saturated rings. The van der Waals surface area contributed by atoms with E-state index in [1.807, 2.05) is 25.8 Å². The number of hydrogen-bond acceptors (Lipinski definition) is 6. The Morgan fingerprint density at radius 2 is 1.73 bits per heavy atom. The van der Waals surface area contributed by atoms with Crippen LogP contribution in [0, 0.1) is 11.8 Å². The van der Waals surface area contributed by atoms with Crippen LogP contribution >= 0.6 is 0 Å². The monoisotopic (exact) mass is 675 g/mol. The van der Waals surface area contributed by atoms with Gasteiger partial charge in [-0.1, -0.05) is 38.3 Å². The van der Waals surface area contributed by atoms with E-state index in [2.05, 4.69) is 5.32 Å². The van der Waals surface area contributed by atoms with Crippen molar-refractivity contribution >= 4 is 17.5 Å². The van der Waals surface area contributed by atoms with Gasteiger partial charge in [-0.2, -0.15) is 13.2 Å². The molecular formula is C37H52F3N3O5. The van der Waals surface area contributed by atoms with Crippen LogP contribution in [0.1, 0.15) is 93.6 Å². The Morgan fingerprint density at radius 1 is 1.04 bits per heavy atom. The summed E-state index contributed by atoms with van der Waals surface area (Å²) >= 11 is 0. The van der Waals surface area contributed by atoms with Crippen LogP contribution in [-0.4, -0.2) is 78.3 Å². The number of amides is 2.